The van der Waals surface area contributed by atoms with Crippen LogP contribution in [0.4, 0.5) is 5.82 Å². The van der Waals surface area contributed by atoms with Crippen LogP contribution in [0, 0.1) is 0 Å². The van der Waals surface area contributed by atoms with Crippen molar-refractivity contribution in [3.63, 3.8) is 0 Å². The van der Waals surface area contributed by atoms with Crippen molar-refractivity contribution in [1.29, 1.82) is 0 Å². The first-order chi connectivity index (χ1) is 17.9. The van der Waals surface area contributed by atoms with E-state index in [9.17, 15) is 4.57 Å². The molecule has 0 aliphatic heterocycles. The molecule has 2 aromatic heterocycles. The van der Waals surface area contributed by atoms with Crippen LogP contribution in [0.2, 0.25) is 0 Å². The van der Waals surface area contributed by atoms with E-state index in [1.54, 1.807) is 18.5 Å². The highest BCUT2D eigenvalue weighted by Gasteiger charge is 2.28. The van der Waals surface area contributed by atoms with Crippen molar-refractivity contribution in [2.45, 2.75) is 26.2 Å². The second kappa shape index (κ2) is 12.7. The quantitative estimate of drug-likeness (QED) is 0.0961. The molecule has 12 nitrogen and oxygen atoms in total. The van der Waals surface area contributed by atoms with Crippen molar-refractivity contribution in [3.05, 3.63) is 78.9 Å². The number of ether oxygens (including phenoxy) is 2. The van der Waals surface area contributed by atoms with Crippen LogP contribution in [0.5, 0.6) is 5.75 Å². The molecule has 0 aliphatic rings. The summed E-state index contributed by atoms with van der Waals surface area (Å²) in [5.74, 6) is 0.815. The van der Waals surface area contributed by atoms with E-state index in [0.717, 1.165) is 5.56 Å². The molecular formula is C24H31N8O4P. The molecule has 37 heavy (non-hydrogen) atoms. The number of aromatic nitrogens is 4. The summed E-state index contributed by atoms with van der Waals surface area (Å²) in [4.78, 5) is 19.5. The Hall–Kier alpha value is -3.38. The fourth-order valence-electron chi connectivity index (χ4n) is 3.48. The lowest BCUT2D eigenvalue weighted by Crippen LogP contribution is -2.38. The molecule has 196 valence electrons. The second-order valence-electron chi connectivity index (χ2n) is 8.25. The number of hydrogen-bond donors (Lipinski definition) is 3. The van der Waals surface area contributed by atoms with Gasteiger partial charge in [-0.1, -0.05) is 53.4 Å². The molecule has 0 spiro atoms. The van der Waals surface area contributed by atoms with Gasteiger partial charge >= 0.3 is 7.59 Å². The number of hydroxylamine groups is 1. The van der Waals surface area contributed by atoms with E-state index < -0.39 is 7.59 Å². The van der Waals surface area contributed by atoms with E-state index in [4.69, 9.17) is 25.5 Å². The molecule has 13 heteroatoms. The number of hydrogen-bond acceptors (Lipinski definition) is 8. The molecular weight excluding hydrogens is 495 g/mol. The number of nitrogens with two attached hydrogens (primary N) is 2. The van der Waals surface area contributed by atoms with E-state index in [0.29, 0.717) is 35.9 Å². The molecule has 0 saturated carbocycles. The maximum Gasteiger partial charge on any atom is 0.312 e. The van der Waals surface area contributed by atoms with Gasteiger partial charge in [0.15, 0.2) is 11.5 Å². The number of para-hydroxylation sites is 1. The van der Waals surface area contributed by atoms with Crippen LogP contribution in [0.25, 0.3) is 11.2 Å². The van der Waals surface area contributed by atoms with Crippen LogP contribution in [0.1, 0.15) is 12.5 Å². The summed E-state index contributed by atoms with van der Waals surface area (Å²) >= 11 is 0. The molecule has 0 bridgehead atoms. The van der Waals surface area contributed by atoms with Gasteiger partial charge in [-0.15, -0.1) is 0 Å². The summed E-state index contributed by atoms with van der Waals surface area (Å²) in [7, 11) is -3.65. The summed E-state index contributed by atoms with van der Waals surface area (Å²) in [5.41, 5.74) is 14.2. The predicted molar refractivity (Wildman–Crippen MR) is 140 cm³/mol. The molecule has 1 unspecified atom stereocenters. The van der Waals surface area contributed by atoms with Gasteiger partial charge in [-0.25, -0.2) is 20.0 Å². The van der Waals surface area contributed by atoms with Gasteiger partial charge in [0.1, 0.15) is 24.3 Å². The smallest absolute Gasteiger partial charge is 0.312 e. The second-order valence-corrected chi connectivity index (χ2v) is 10.3. The molecule has 4 rings (SSSR count). The summed E-state index contributed by atoms with van der Waals surface area (Å²) in [6, 6.07) is 18.8. The number of fused-ring (bicyclic) bond motifs is 1. The topological polar surface area (TPSA) is 156 Å². The lowest BCUT2D eigenvalue weighted by Gasteiger charge is -2.28. The normalized spacial score (nSPS) is 14.0. The summed E-state index contributed by atoms with van der Waals surface area (Å²) in [5, 5.41) is 2.78. The first-order valence-corrected chi connectivity index (χ1v) is 13.4. The standard InChI is InChI=1S/C24H31N8O4P/c1-19(14-31-17-29-22-23(25)27-16-28-24(22)31)35-18-30-37(26,33)32(36-21-10-6-3-7-11-21)12-13-34-15-20-8-4-2-5-9-20/h2-11,16-17,19H,12-15,18H2,1H3,(H2,25,27,28)(H3,26,30,33)/t19-,37?/m1/s1. The molecule has 0 aliphatic carbocycles. The molecule has 2 atom stereocenters. The van der Waals surface area contributed by atoms with Gasteiger partial charge in [0.05, 0.1) is 38.7 Å². The third-order valence-corrected chi connectivity index (χ3v) is 6.89. The average molecular weight is 527 g/mol. The lowest BCUT2D eigenvalue weighted by atomic mass is 10.2. The van der Waals surface area contributed by atoms with Gasteiger partial charge in [-0.3, -0.25) is 10.1 Å². The van der Waals surface area contributed by atoms with Gasteiger partial charge in [-0.2, -0.15) is 0 Å². The molecule has 4 aromatic rings. The highest BCUT2D eigenvalue weighted by atomic mass is 31.2. The number of benzene rings is 2. The SMILES string of the molecule is C[C@H](Cn1cnc2c(N)ncnc21)OCNP(N)(=O)N(CCOCc1ccccc1)Oc1ccccc1. The van der Waals surface area contributed by atoms with E-state index in [1.165, 1.54) is 11.2 Å². The monoisotopic (exact) mass is 526 g/mol. The van der Waals surface area contributed by atoms with Gasteiger partial charge < -0.3 is 24.6 Å². The minimum Gasteiger partial charge on any atom is -0.397 e. The van der Waals surface area contributed by atoms with Gasteiger partial charge in [-0.05, 0) is 24.6 Å². The van der Waals surface area contributed by atoms with Crippen LogP contribution >= 0.6 is 7.59 Å². The van der Waals surface area contributed by atoms with E-state index in [2.05, 4.69) is 20.0 Å². The zero-order chi connectivity index (χ0) is 26.1. The summed E-state index contributed by atoms with van der Waals surface area (Å²) < 4.78 is 26.8. The van der Waals surface area contributed by atoms with Crippen molar-refractivity contribution in [2.75, 3.05) is 25.6 Å². The Morgan fingerprint density at radius 1 is 1.08 bits per heavy atom. The van der Waals surface area contributed by atoms with Crippen molar-refractivity contribution < 1.29 is 18.9 Å². The molecule has 0 saturated heterocycles. The van der Waals surface area contributed by atoms with Crippen LogP contribution in [-0.4, -0.2) is 50.3 Å². The van der Waals surface area contributed by atoms with Crippen LogP contribution in [0.3, 0.4) is 0 Å². The van der Waals surface area contributed by atoms with Crippen LogP contribution in [0.15, 0.2) is 73.3 Å². The zero-order valence-corrected chi connectivity index (χ0v) is 21.4. The van der Waals surface area contributed by atoms with Crippen molar-refractivity contribution >= 4 is 24.6 Å². The minimum absolute atomic E-state index is 0.0712. The minimum atomic E-state index is -3.65. The Kier molecular flexibility index (Phi) is 9.18. The van der Waals surface area contributed by atoms with Crippen molar-refractivity contribution in [3.8, 4) is 5.75 Å². The Labute approximate surface area is 215 Å². The highest BCUT2D eigenvalue weighted by molar-refractivity contribution is 7.56. The molecule has 2 aromatic carbocycles. The van der Waals surface area contributed by atoms with Crippen molar-refractivity contribution in [1.82, 2.24) is 29.4 Å². The Bertz CT molecular complexity index is 1310. The Morgan fingerprint density at radius 3 is 2.57 bits per heavy atom. The number of anilines is 1. The summed E-state index contributed by atoms with van der Waals surface area (Å²) in [6.07, 6.45) is 2.74. The third kappa shape index (κ3) is 7.56. The fourth-order valence-corrected chi connectivity index (χ4v) is 4.49. The maximum absolute atomic E-state index is 13.4. The summed E-state index contributed by atoms with van der Waals surface area (Å²) in [6.45, 7) is 3.08. The highest BCUT2D eigenvalue weighted by Crippen LogP contribution is 2.37. The molecule has 0 fully saturated rings. The molecule has 0 amide bonds. The molecule has 5 N–H and O–H groups in total. The number of nitrogen functional groups attached to an aromatic ring is 1. The van der Waals surface area contributed by atoms with Crippen molar-refractivity contribution in [2.24, 2.45) is 5.50 Å². The molecule has 2 heterocycles. The number of rotatable bonds is 14. The van der Waals surface area contributed by atoms with E-state index >= 15 is 0 Å². The predicted octanol–water partition coefficient (Wildman–Crippen LogP) is 2.94. The molecule has 0 radical (unpaired) electrons. The lowest BCUT2D eigenvalue weighted by molar-refractivity contribution is -0.00554. The zero-order valence-electron chi connectivity index (χ0n) is 20.5. The fraction of sp³-hybridized carbons (Fsp3) is 0.292. The third-order valence-electron chi connectivity index (χ3n) is 5.37. The van der Waals surface area contributed by atoms with E-state index in [-0.39, 0.29) is 26.0 Å². The van der Waals surface area contributed by atoms with E-state index in [1.807, 2.05) is 60.0 Å². The van der Waals surface area contributed by atoms with Gasteiger partial charge in [0.2, 0.25) is 0 Å². The average Bonchev–Trinajstić information content (AvgIpc) is 3.31. The van der Waals surface area contributed by atoms with Crippen LogP contribution < -0.4 is 21.2 Å². The largest absolute Gasteiger partial charge is 0.397 e. The Balaban J connectivity index is 1.31. The number of imidazole rings is 1. The first-order valence-electron chi connectivity index (χ1n) is 11.7. The number of nitrogens with one attached hydrogen (secondary N) is 1. The van der Waals surface area contributed by atoms with Gasteiger partial charge in [0, 0.05) is 0 Å². The number of nitrogens with zero attached hydrogens (tertiary/aromatic N) is 5. The maximum atomic E-state index is 13.4. The Morgan fingerprint density at radius 2 is 1.81 bits per heavy atom. The van der Waals surface area contributed by atoms with Crippen LogP contribution in [-0.2, 0) is 27.2 Å². The first kappa shape index (κ1) is 26.7. The van der Waals surface area contributed by atoms with Gasteiger partial charge in [0.25, 0.3) is 0 Å².